The van der Waals surface area contributed by atoms with Crippen molar-refractivity contribution < 1.29 is 13.0 Å². The zero-order valence-corrected chi connectivity index (χ0v) is 10.4. The summed E-state index contributed by atoms with van der Waals surface area (Å²) >= 11 is 0. The lowest BCUT2D eigenvalue weighted by Crippen LogP contribution is -2.05. The molecule has 4 heteroatoms. The van der Waals surface area contributed by atoms with Crippen molar-refractivity contribution in [3.8, 4) is 0 Å². The molecule has 0 unspecified atom stereocenters. The number of benzene rings is 1. The van der Waals surface area contributed by atoms with Gasteiger partial charge in [-0.25, -0.2) is 0 Å². The molecular formula is C13H16O3S. The second-order valence-electron chi connectivity index (χ2n) is 4.39. The second kappa shape index (κ2) is 5.02. The summed E-state index contributed by atoms with van der Waals surface area (Å²) in [5.41, 5.74) is 3.86. The molecular weight excluding hydrogens is 236 g/mol. The van der Waals surface area contributed by atoms with Crippen LogP contribution in [0.15, 0.2) is 29.8 Å². The van der Waals surface area contributed by atoms with Gasteiger partial charge in [-0.2, -0.15) is 8.42 Å². The summed E-state index contributed by atoms with van der Waals surface area (Å²) in [4.78, 5) is 0. The maximum Gasteiger partial charge on any atom is 0.264 e. The minimum atomic E-state index is -3.81. The summed E-state index contributed by atoms with van der Waals surface area (Å²) in [6.07, 6.45) is 5.39. The Labute approximate surface area is 102 Å². The van der Waals surface area contributed by atoms with Gasteiger partial charge in [0.2, 0.25) is 0 Å². The fourth-order valence-corrected chi connectivity index (χ4v) is 2.68. The molecule has 0 saturated carbocycles. The van der Waals surface area contributed by atoms with Crippen LogP contribution in [-0.2, 0) is 16.5 Å². The molecule has 0 atom stereocenters. The minimum Gasteiger partial charge on any atom is -0.286 e. The van der Waals surface area contributed by atoms with Gasteiger partial charge in [0.25, 0.3) is 10.1 Å². The van der Waals surface area contributed by atoms with Gasteiger partial charge in [0, 0.05) is 0 Å². The van der Waals surface area contributed by atoms with E-state index < -0.39 is 10.1 Å². The number of rotatable bonds is 4. The molecule has 1 aliphatic carbocycles. The van der Waals surface area contributed by atoms with Crippen molar-refractivity contribution in [2.24, 2.45) is 0 Å². The van der Waals surface area contributed by atoms with Gasteiger partial charge in [0.15, 0.2) is 0 Å². The Kier molecular flexibility index (Phi) is 3.64. The predicted octanol–water partition coefficient (Wildman–Crippen LogP) is 2.68. The van der Waals surface area contributed by atoms with E-state index >= 15 is 0 Å². The third kappa shape index (κ3) is 3.68. The molecule has 0 bridgehead atoms. The second-order valence-corrected chi connectivity index (χ2v) is 5.96. The van der Waals surface area contributed by atoms with Crippen LogP contribution in [0.2, 0.25) is 0 Å². The van der Waals surface area contributed by atoms with Gasteiger partial charge in [-0.1, -0.05) is 35.9 Å². The van der Waals surface area contributed by atoms with E-state index in [4.69, 9.17) is 4.55 Å². The number of allylic oxidation sites excluding steroid dienone is 1. The molecule has 0 amide bonds. The highest BCUT2D eigenvalue weighted by Crippen LogP contribution is 2.26. The molecule has 1 aromatic carbocycles. The smallest absolute Gasteiger partial charge is 0.264 e. The van der Waals surface area contributed by atoms with Crippen LogP contribution >= 0.6 is 0 Å². The summed E-state index contributed by atoms with van der Waals surface area (Å²) in [6, 6.07) is 8.25. The lowest BCUT2D eigenvalue weighted by Gasteiger charge is -2.16. The summed E-state index contributed by atoms with van der Waals surface area (Å²) in [7, 11) is -3.81. The maximum absolute atomic E-state index is 10.6. The van der Waals surface area contributed by atoms with Crippen molar-refractivity contribution in [2.45, 2.75) is 25.7 Å². The first kappa shape index (κ1) is 12.3. The zero-order chi connectivity index (χ0) is 12.3. The third-order valence-electron chi connectivity index (χ3n) is 3.03. The van der Waals surface area contributed by atoms with Crippen LogP contribution in [0.3, 0.4) is 0 Å². The predicted molar refractivity (Wildman–Crippen MR) is 68.4 cm³/mol. The van der Waals surface area contributed by atoms with Gasteiger partial charge >= 0.3 is 0 Å². The average molecular weight is 252 g/mol. The fourth-order valence-electron chi connectivity index (χ4n) is 2.17. The van der Waals surface area contributed by atoms with Crippen LogP contribution < -0.4 is 0 Å². The lowest BCUT2D eigenvalue weighted by atomic mass is 9.90. The zero-order valence-electron chi connectivity index (χ0n) is 9.59. The average Bonchev–Trinajstić information content (AvgIpc) is 2.27. The van der Waals surface area contributed by atoms with Crippen LogP contribution in [0, 0.1) is 0 Å². The summed E-state index contributed by atoms with van der Waals surface area (Å²) in [6.45, 7) is 0. The van der Waals surface area contributed by atoms with Crippen molar-refractivity contribution in [1.82, 2.24) is 0 Å². The standard InChI is InChI=1S/C13H16O3S/c14-17(15,16)9-3-4-11-7-8-12-5-1-2-6-13(12)10-11/h1-2,5-6,10H,3-4,7-9H2,(H,14,15,16). The van der Waals surface area contributed by atoms with E-state index in [-0.39, 0.29) is 5.75 Å². The highest BCUT2D eigenvalue weighted by atomic mass is 32.2. The normalized spacial score (nSPS) is 15.2. The summed E-state index contributed by atoms with van der Waals surface area (Å²) < 4.78 is 29.9. The quantitative estimate of drug-likeness (QED) is 0.838. The van der Waals surface area contributed by atoms with Crippen molar-refractivity contribution in [1.29, 1.82) is 0 Å². The van der Waals surface area contributed by atoms with E-state index in [2.05, 4.69) is 18.2 Å². The molecule has 1 aromatic rings. The topological polar surface area (TPSA) is 54.4 Å². The van der Waals surface area contributed by atoms with Gasteiger partial charge in [0.1, 0.15) is 0 Å². The van der Waals surface area contributed by atoms with E-state index in [1.165, 1.54) is 16.7 Å². The molecule has 92 valence electrons. The monoisotopic (exact) mass is 252 g/mol. The Morgan fingerprint density at radius 2 is 1.94 bits per heavy atom. The number of hydrogen-bond donors (Lipinski definition) is 1. The highest BCUT2D eigenvalue weighted by molar-refractivity contribution is 7.85. The number of aryl methyl sites for hydroxylation is 1. The van der Waals surface area contributed by atoms with E-state index in [9.17, 15) is 8.42 Å². The summed E-state index contributed by atoms with van der Waals surface area (Å²) in [5, 5.41) is 0. The molecule has 0 heterocycles. The Hall–Kier alpha value is -1.13. The molecule has 0 fully saturated rings. The third-order valence-corrected chi connectivity index (χ3v) is 3.83. The Bertz CT molecular complexity index is 529. The lowest BCUT2D eigenvalue weighted by molar-refractivity contribution is 0.481. The van der Waals surface area contributed by atoms with Gasteiger partial charge in [-0.3, -0.25) is 4.55 Å². The van der Waals surface area contributed by atoms with Crippen molar-refractivity contribution in [3.63, 3.8) is 0 Å². The van der Waals surface area contributed by atoms with Crippen LogP contribution in [0.4, 0.5) is 0 Å². The van der Waals surface area contributed by atoms with E-state index in [1.807, 2.05) is 12.1 Å². The fraction of sp³-hybridized carbons (Fsp3) is 0.385. The van der Waals surface area contributed by atoms with Crippen LogP contribution in [0.5, 0.6) is 0 Å². The Morgan fingerprint density at radius 3 is 2.71 bits per heavy atom. The first-order chi connectivity index (χ1) is 8.04. The SMILES string of the molecule is O=S(=O)(O)CCCC1=Cc2ccccc2CC1. The van der Waals surface area contributed by atoms with E-state index in [0.717, 1.165) is 19.3 Å². The van der Waals surface area contributed by atoms with Crippen LogP contribution in [-0.4, -0.2) is 18.7 Å². The van der Waals surface area contributed by atoms with E-state index in [1.54, 1.807) is 0 Å². The van der Waals surface area contributed by atoms with Gasteiger partial charge in [-0.05, 0) is 36.8 Å². The number of fused-ring (bicyclic) bond motifs is 1. The van der Waals surface area contributed by atoms with Crippen molar-refractivity contribution in [2.75, 3.05) is 5.75 Å². The molecule has 0 aromatic heterocycles. The first-order valence-corrected chi connectivity index (χ1v) is 7.38. The van der Waals surface area contributed by atoms with E-state index in [0.29, 0.717) is 6.42 Å². The molecule has 2 rings (SSSR count). The molecule has 0 radical (unpaired) electrons. The van der Waals surface area contributed by atoms with Crippen molar-refractivity contribution >= 4 is 16.2 Å². The maximum atomic E-state index is 10.6. The van der Waals surface area contributed by atoms with Gasteiger partial charge in [-0.15, -0.1) is 0 Å². The molecule has 0 aliphatic heterocycles. The molecule has 17 heavy (non-hydrogen) atoms. The Balaban J connectivity index is 1.98. The molecule has 1 aliphatic rings. The first-order valence-electron chi connectivity index (χ1n) is 5.77. The highest BCUT2D eigenvalue weighted by Gasteiger charge is 2.11. The van der Waals surface area contributed by atoms with Gasteiger partial charge in [0.05, 0.1) is 5.75 Å². The largest absolute Gasteiger partial charge is 0.286 e. The molecule has 0 saturated heterocycles. The van der Waals surface area contributed by atoms with Crippen LogP contribution in [0.1, 0.15) is 30.4 Å². The summed E-state index contributed by atoms with van der Waals surface area (Å²) in [5.74, 6) is -0.147. The minimum absolute atomic E-state index is 0.147. The van der Waals surface area contributed by atoms with Crippen molar-refractivity contribution in [3.05, 3.63) is 41.0 Å². The molecule has 1 N–H and O–H groups in total. The number of hydrogen-bond acceptors (Lipinski definition) is 2. The van der Waals surface area contributed by atoms with Crippen LogP contribution in [0.25, 0.3) is 6.08 Å². The molecule has 3 nitrogen and oxygen atoms in total. The molecule has 0 spiro atoms. The van der Waals surface area contributed by atoms with Gasteiger partial charge < -0.3 is 0 Å². The Morgan fingerprint density at radius 1 is 1.18 bits per heavy atom.